The molecule has 34 heavy (non-hydrogen) atoms. The molecule has 6 nitrogen and oxygen atoms in total. The monoisotopic (exact) mass is 453 g/mol. The topological polar surface area (TPSA) is 76.4 Å². The molecule has 6 heteroatoms. The van der Waals surface area contributed by atoms with Crippen molar-refractivity contribution in [2.45, 2.75) is 37.8 Å². The van der Waals surface area contributed by atoms with Crippen LogP contribution in [0.25, 0.3) is 22.2 Å². The second-order valence-electron chi connectivity index (χ2n) is 9.33. The zero-order valence-corrected chi connectivity index (χ0v) is 19.1. The van der Waals surface area contributed by atoms with Crippen LogP contribution in [-0.2, 0) is 5.54 Å². The molecule has 1 aliphatic heterocycles. The molecule has 2 aromatic heterocycles. The van der Waals surface area contributed by atoms with Crippen LogP contribution in [0.5, 0.6) is 5.75 Å². The molecular weight excluding hydrogens is 426 g/mol. The van der Waals surface area contributed by atoms with E-state index in [-0.39, 0.29) is 5.91 Å². The van der Waals surface area contributed by atoms with Crippen molar-refractivity contribution < 1.29 is 13.9 Å². The predicted octanol–water partition coefficient (Wildman–Crippen LogP) is 4.96. The van der Waals surface area contributed by atoms with Gasteiger partial charge in [0.2, 0.25) is 0 Å². The number of furan rings is 1. The Bertz CT molecular complexity index is 1350. The fourth-order valence-electron chi connectivity index (χ4n) is 4.66. The third-order valence-electron chi connectivity index (χ3n) is 6.98. The standard InChI is InChI=1S/C28H27N3O3/c1-18-6-7-21(34-17-20-8-12-29-20)16-23(18)27(32)31-28(9-10-28)24-14-19(26-5-3-13-33-26)15-25-22(24)4-2-11-30-25/h2-7,11,13-16,20,29H,8-10,12,17H2,1H3,(H,31,32)/t20-/m0/s1. The van der Waals surface area contributed by atoms with Gasteiger partial charge < -0.3 is 19.8 Å². The molecule has 0 spiro atoms. The third kappa shape index (κ3) is 3.84. The minimum absolute atomic E-state index is 0.0809. The number of aromatic nitrogens is 1. The lowest BCUT2D eigenvalue weighted by Crippen LogP contribution is -2.46. The largest absolute Gasteiger partial charge is 0.492 e. The van der Waals surface area contributed by atoms with E-state index in [0.717, 1.165) is 64.9 Å². The molecular formula is C28H27N3O3. The Balaban J connectivity index is 1.31. The molecule has 6 rings (SSSR count). The number of carbonyl (C=O) groups is 1. The molecule has 1 saturated heterocycles. The first-order chi connectivity index (χ1) is 16.6. The maximum Gasteiger partial charge on any atom is 0.252 e. The van der Waals surface area contributed by atoms with Crippen molar-refractivity contribution in [3.8, 4) is 17.1 Å². The molecule has 1 aliphatic carbocycles. The molecule has 2 aromatic carbocycles. The smallest absolute Gasteiger partial charge is 0.252 e. The van der Waals surface area contributed by atoms with Crippen LogP contribution in [0.15, 0.2) is 71.5 Å². The number of carbonyl (C=O) groups excluding carboxylic acids is 1. The van der Waals surface area contributed by atoms with Gasteiger partial charge in [-0.25, -0.2) is 0 Å². The molecule has 1 atom stereocenters. The number of hydrogen-bond acceptors (Lipinski definition) is 5. The van der Waals surface area contributed by atoms with E-state index in [0.29, 0.717) is 18.2 Å². The van der Waals surface area contributed by atoms with Crippen LogP contribution in [0.2, 0.25) is 0 Å². The van der Waals surface area contributed by atoms with Gasteiger partial charge in [0, 0.05) is 28.8 Å². The number of nitrogens with zero attached hydrogens (tertiary/aromatic N) is 1. The number of aryl methyl sites for hydroxylation is 1. The van der Waals surface area contributed by atoms with E-state index in [1.165, 1.54) is 0 Å². The summed E-state index contributed by atoms with van der Waals surface area (Å²) in [7, 11) is 0. The van der Waals surface area contributed by atoms with E-state index in [1.807, 2.05) is 49.4 Å². The van der Waals surface area contributed by atoms with Crippen molar-refractivity contribution in [1.82, 2.24) is 15.6 Å². The molecule has 0 unspecified atom stereocenters. The van der Waals surface area contributed by atoms with Crippen molar-refractivity contribution in [2.75, 3.05) is 13.2 Å². The Kier molecular flexibility index (Phi) is 5.11. The SMILES string of the molecule is Cc1ccc(OC[C@@H]2CCN2)cc1C(=O)NC1(c2cc(-c3ccco3)cc3ncccc23)CC1. The van der Waals surface area contributed by atoms with Gasteiger partial charge in [-0.3, -0.25) is 9.78 Å². The first-order valence-electron chi connectivity index (χ1n) is 11.8. The van der Waals surface area contributed by atoms with Crippen molar-refractivity contribution in [3.63, 3.8) is 0 Å². The van der Waals surface area contributed by atoms with Gasteiger partial charge >= 0.3 is 0 Å². The number of benzene rings is 2. The van der Waals surface area contributed by atoms with Crippen molar-refractivity contribution in [2.24, 2.45) is 0 Å². The third-order valence-corrected chi connectivity index (χ3v) is 6.98. The maximum atomic E-state index is 13.5. The lowest BCUT2D eigenvalue weighted by atomic mass is 9.95. The van der Waals surface area contributed by atoms with Gasteiger partial charge in [-0.05, 0) is 86.3 Å². The first kappa shape index (κ1) is 20.9. The second-order valence-corrected chi connectivity index (χ2v) is 9.33. The number of hydrogen-bond donors (Lipinski definition) is 2. The quantitative estimate of drug-likeness (QED) is 0.414. The first-order valence-corrected chi connectivity index (χ1v) is 11.8. The van der Waals surface area contributed by atoms with Gasteiger partial charge in [0.1, 0.15) is 18.1 Å². The van der Waals surface area contributed by atoms with Gasteiger partial charge in [-0.2, -0.15) is 0 Å². The van der Waals surface area contributed by atoms with Crippen LogP contribution >= 0.6 is 0 Å². The summed E-state index contributed by atoms with van der Waals surface area (Å²) in [6, 6.07) is 18.2. The highest BCUT2D eigenvalue weighted by molar-refractivity contribution is 5.98. The summed E-state index contributed by atoms with van der Waals surface area (Å²) in [5.41, 5.74) is 4.10. The minimum Gasteiger partial charge on any atom is -0.492 e. The Morgan fingerprint density at radius 2 is 2.09 bits per heavy atom. The molecule has 3 heterocycles. The molecule has 0 bridgehead atoms. The molecule has 4 aromatic rings. The highest BCUT2D eigenvalue weighted by Gasteiger charge is 2.47. The summed E-state index contributed by atoms with van der Waals surface area (Å²) in [6.07, 6.45) is 6.36. The van der Waals surface area contributed by atoms with Gasteiger partial charge in [-0.15, -0.1) is 0 Å². The van der Waals surface area contributed by atoms with E-state index < -0.39 is 5.54 Å². The summed E-state index contributed by atoms with van der Waals surface area (Å²) in [5.74, 6) is 1.43. The minimum atomic E-state index is -0.417. The number of pyridine rings is 1. The van der Waals surface area contributed by atoms with E-state index in [2.05, 4.69) is 27.8 Å². The number of ether oxygens (including phenoxy) is 1. The number of fused-ring (bicyclic) bond motifs is 1. The zero-order chi connectivity index (χ0) is 23.1. The van der Waals surface area contributed by atoms with E-state index >= 15 is 0 Å². The lowest BCUT2D eigenvalue weighted by Gasteiger charge is -2.27. The number of rotatable bonds is 7. The zero-order valence-electron chi connectivity index (χ0n) is 19.1. The molecule has 0 radical (unpaired) electrons. The number of amides is 1. The number of nitrogens with one attached hydrogen (secondary N) is 2. The summed E-state index contributed by atoms with van der Waals surface area (Å²) >= 11 is 0. The van der Waals surface area contributed by atoms with Crippen LogP contribution < -0.4 is 15.4 Å². The summed E-state index contributed by atoms with van der Waals surface area (Å²) < 4.78 is 11.6. The van der Waals surface area contributed by atoms with E-state index in [1.54, 1.807) is 12.5 Å². The average molecular weight is 454 g/mol. The van der Waals surface area contributed by atoms with Crippen LogP contribution in [-0.4, -0.2) is 30.1 Å². The molecule has 172 valence electrons. The molecule has 1 amide bonds. The fraction of sp³-hybridized carbons (Fsp3) is 0.286. The highest BCUT2D eigenvalue weighted by atomic mass is 16.5. The summed E-state index contributed by atoms with van der Waals surface area (Å²) in [6.45, 7) is 3.62. The Morgan fingerprint density at radius 1 is 1.21 bits per heavy atom. The molecule has 2 N–H and O–H groups in total. The maximum absolute atomic E-state index is 13.5. The van der Waals surface area contributed by atoms with Gasteiger partial charge in [0.15, 0.2) is 0 Å². The normalized spacial score (nSPS) is 18.3. The highest BCUT2D eigenvalue weighted by Crippen LogP contribution is 2.49. The van der Waals surface area contributed by atoms with Crippen LogP contribution in [0.3, 0.4) is 0 Å². The molecule has 2 aliphatic rings. The fourth-order valence-corrected chi connectivity index (χ4v) is 4.66. The predicted molar refractivity (Wildman–Crippen MR) is 131 cm³/mol. The van der Waals surface area contributed by atoms with Crippen molar-refractivity contribution in [1.29, 1.82) is 0 Å². The molecule has 1 saturated carbocycles. The Hall–Kier alpha value is -3.64. The Morgan fingerprint density at radius 3 is 2.82 bits per heavy atom. The van der Waals surface area contributed by atoms with Gasteiger partial charge in [0.25, 0.3) is 5.91 Å². The lowest BCUT2D eigenvalue weighted by molar-refractivity contribution is 0.0930. The van der Waals surface area contributed by atoms with Crippen molar-refractivity contribution >= 4 is 16.8 Å². The van der Waals surface area contributed by atoms with Crippen LogP contribution in [0.4, 0.5) is 0 Å². The van der Waals surface area contributed by atoms with Gasteiger partial charge in [0.05, 0.1) is 17.3 Å². The Labute approximate surface area is 198 Å². The second kappa shape index (κ2) is 8.29. The van der Waals surface area contributed by atoms with E-state index in [9.17, 15) is 4.79 Å². The van der Waals surface area contributed by atoms with E-state index in [4.69, 9.17) is 9.15 Å². The van der Waals surface area contributed by atoms with Crippen LogP contribution in [0, 0.1) is 6.92 Å². The van der Waals surface area contributed by atoms with Gasteiger partial charge in [-0.1, -0.05) is 12.1 Å². The van der Waals surface area contributed by atoms with Crippen molar-refractivity contribution in [3.05, 3.63) is 83.7 Å². The molecule has 2 fully saturated rings. The summed E-state index contributed by atoms with van der Waals surface area (Å²) in [5, 5.41) is 7.74. The van der Waals surface area contributed by atoms with Crippen LogP contribution in [0.1, 0.15) is 40.7 Å². The average Bonchev–Trinajstić information content (AvgIpc) is 3.37. The summed E-state index contributed by atoms with van der Waals surface area (Å²) in [4.78, 5) is 18.1.